The zero-order valence-corrected chi connectivity index (χ0v) is 11.1. The highest BCUT2D eigenvalue weighted by atomic mass is 79.9. The molecular formula is C10H9BrN2O2S. The second-order valence-corrected chi connectivity index (χ2v) is 5.08. The number of carbonyl (C=O) groups is 1. The van der Waals surface area contributed by atoms with Gasteiger partial charge in [-0.2, -0.15) is 5.10 Å². The number of aryl methyl sites for hydroxylation is 2. The van der Waals surface area contributed by atoms with Crippen LogP contribution < -0.4 is 0 Å². The van der Waals surface area contributed by atoms with Crippen molar-refractivity contribution in [1.29, 1.82) is 0 Å². The number of rotatable bonds is 2. The smallest absolute Gasteiger partial charge is 0.357 e. The van der Waals surface area contributed by atoms with E-state index in [1.165, 1.54) is 0 Å². The highest BCUT2D eigenvalue weighted by Crippen LogP contribution is 2.35. The Morgan fingerprint density at radius 3 is 2.75 bits per heavy atom. The molecule has 4 nitrogen and oxygen atoms in total. The van der Waals surface area contributed by atoms with Gasteiger partial charge in [-0.1, -0.05) is 0 Å². The van der Waals surface area contributed by atoms with E-state index in [9.17, 15) is 4.79 Å². The molecule has 0 saturated heterocycles. The second-order valence-electron chi connectivity index (χ2n) is 3.37. The normalized spacial score (nSPS) is 10.7. The van der Waals surface area contributed by atoms with Crippen molar-refractivity contribution < 1.29 is 9.90 Å². The predicted molar refractivity (Wildman–Crippen MR) is 65.9 cm³/mol. The Morgan fingerprint density at radius 2 is 2.31 bits per heavy atom. The van der Waals surface area contributed by atoms with Crippen LogP contribution >= 0.6 is 27.3 Å². The molecule has 0 aliphatic heterocycles. The van der Waals surface area contributed by atoms with Crippen LogP contribution in [0.4, 0.5) is 0 Å². The summed E-state index contributed by atoms with van der Waals surface area (Å²) in [4.78, 5) is 12.0. The van der Waals surface area contributed by atoms with E-state index in [4.69, 9.17) is 5.11 Å². The molecule has 0 amide bonds. The number of aromatic nitrogens is 2. The number of carboxylic acids is 1. The van der Waals surface area contributed by atoms with Crippen LogP contribution in [-0.4, -0.2) is 20.9 Å². The summed E-state index contributed by atoms with van der Waals surface area (Å²) in [6, 6.07) is 2.00. The Morgan fingerprint density at radius 1 is 1.62 bits per heavy atom. The number of carboxylic acid groups (broad SMARTS) is 1. The van der Waals surface area contributed by atoms with E-state index in [1.807, 2.05) is 18.4 Å². The lowest BCUT2D eigenvalue weighted by atomic mass is 10.2. The maximum Gasteiger partial charge on any atom is 0.357 e. The Balaban J connectivity index is 2.67. The fourth-order valence-corrected chi connectivity index (χ4v) is 3.34. The van der Waals surface area contributed by atoms with Crippen LogP contribution in [-0.2, 0) is 7.05 Å². The lowest BCUT2D eigenvalue weighted by Gasteiger charge is -2.00. The topological polar surface area (TPSA) is 55.1 Å². The number of halogens is 1. The molecule has 0 saturated carbocycles. The molecule has 0 aromatic carbocycles. The lowest BCUT2D eigenvalue weighted by Crippen LogP contribution is -1.99. The summed E-state index contributed by atoms with van der Waals surface area (Å²) in [6.45, 7) is 1.99. The Labute approximate surface area is 105 Å². The van der Waals surface area contributed by atoms with Crippen molar-refractivity contribution in [3.8, 4) is 10.6 Å². The molecule has 0 aliphatic rings. The maximum absolute atomic E-state index is 10.9. The van der Waals surface area contributed by atoms with Gasteiger partial charge in [0, 0.05) is 7.05 Å². The first kappa shape index (κ1) is 11.3. The predicted octanol–water partition coefficient (Wildman–Crippen LogP) is 2.92. The quantitative estimate of drug-likeness (QED) is 0.928. The average molecular weight is 301 g/mol. The van der Waals surface area contributed by atoms with Crippen molar-refractivity contribution in [3.05, 3.63) is 27.2 Å². The number of hydrogen-bond donors (Lipinski definition) is 1. The van der Waals surface area contributed by atoms with Crippen molar-refractivity contribution in [2.45, 2.75) is 6.92 Å². The number of thiophene rings is 1. The summed E-state index contributed by atoms with van der Waals surface area (Å²) < 4.78 is 2.12. The highest BCUT2D eigenvalue weighted by Gasteiger charge is 2.21. The standard InChI is InChI=1S/C10H9BrN2O2S/c1-5-3-4-16-9(5)8-6(11)7(10(14)15)12-13(8)2/h3-4H,1-2H3,(H,14,15). The molecule has 2 rings (SSSR count). The first-order chi connectivity index (χ1) is 7.52. The molecule has 2 aromatic heterocycles. The summed E-state index contributed by atoms with van der Waals surface area (Å²) in [5, 5.41) is 14.9. The largest absolute Gasteiger partial charge is 0.476 e. The van der Waals surface area contributed by atoms with Gasteiger partial charge < -0.3 is 5.11 Å². The third-order valence-corrected chi connectivity index (χ3v) is 4.04. The molecule has 0 atom stereocenters. The molecule has 0 fully saturated rings. The van der Waals surface area contributed by atoms with Crippen molar-refractivity contribution in [3.63, 3.8) is 0 Å². The summed E-state index contributed by atoms with van der Waals surface area (Å²) >= 11 is 4.87. The maximum atomic E-state index is 10.9. The van der Waals surface area contributed by atoms with E-state index in [2.05, 4.69) is 21.0 Å². The molecule has 2 heterocycles. The minimum atomic E-state index is -1.03. The van der Waals surface area contributed by atoms with Crippen LogP contribution in [0.25, 0.3) is 10.6 Å². The van der Waals surface area contributed by atoms with Crippen molar-refractivity contribution in [2.24, 2.45) is 7.05 Å². The number of nitrogens with zero attached hydrogens (tertiary/aromatic N) is 2. The summed E-state index contributed by atoms with van der Waals surface area (Å²) in [5.74, 6) is -1.03. The second kappa shape index (κ2) is 4.03. The van der Waals surface area contributed by atoms with Crippen LogP contribution in [0.15, 0.2) is 15.9 Å². The van der Waals surface area contributed by atoms with Gasteiger partial charge in [0.15, 0.2) is 5.69 Å². The summed E-state index contributed by atoms with van der Waals surface area (Å²) in [7, 11) is 1.74. The first-order valence-electron chi connectivity index (χ1n) is 4.52. The van der Waals surface area contributed by atoms with E-state index >= 15 is 0 Å². The van der Waals surface area contributed by atoms with Gasteiger partial charge in [0.25, 0.3) is 0 Å². The number of hydrogen-bond acceptors (Lipinski definition) is 3. The third-order valence-electron chi connectivity index (χ3n) is 2.27. The Bertz CT molecular complexity index is 559. The van der Waals surface area contributed by atoms with Gasteiger partial charge in [-0.3, -0.25) is 4.68 Å². The van der Waals surface area contributed by atoms with Crippen molar-refractivity contribution in [2.75, 3.05) is 0 Å². The van der Waals surface area contributed by atoms with Crippen molar-refractivity contribution in [1.82, 2.24) is 9.78 Å². The van der Waals surface area contributed by atoms with E-state index in [0.29, 0.717) is 4.47 Å². The van der Waals surface area contributed by atoms with Gasteiger partial charge >= 0.3 is 5.97 Å². The van der Waals surface area contributed by atoms with Crippen LogP contribution in [0, 0.1) is 6.92 Å². The molecule has 0 spiro atoms. The van der Waals surface area contributed by atoms with Gasteiger partial charge in [-0.05, 0) is 39.9 Å². The highest BCUT2D eigenvalue weighted by molar-refractivity contribution is 9.10. The lowest BCUT2D eigenvalue weighted by molar-refractivity contribution is 0.0688. The Kier molecular flexibility index (Phi) is 2.86. The monoisotopic (exact) mass is 300 g/mol. The molecule has 0 radical (unpaired) electrons. The van der Waals surface area contributed by atoms with Crippen LogP contribution in [0.3, 0.4) is 0 Å². The van der Waals surface area contributed by atoms with Crippen LogP contribution in [0.2, 0.25) is 0 Å². The van der Waals surface area contributed by atoms with E-state index in [0.717, 1.165) is 16.1 Å². The minimum absolute atomic E-state index is 0.0466. The average Bonchev–Trinajstić information content (AvgIpc) is 2.71. The van der Waals surface area contributed by atoms with Gasteiger partial charge in [-0.25, -0.2) is 4.79 Å². The van der Waals surface area contributed by atoms with Gasteiger partial charge in [-0.15, -0.1) is 11.3 Å². The third kappa shape index (κ3) is 1.68. The molecule has 16 heavy (non-hydrogen) atoms. The first-order valence-corrected chi connectivity index (χ1v) is 6.20. The molecule has 2 aromatic rings. The van der Waals surface area contributed by atoms with E-state index in [1.54, 1.807) is 23.1 Å². The van der Waals surface area contributed by atoms with Gasteiger partial charge in [0.2, 0.25) is 0 Å². The summed E-state index contributed by atoms with van der Waals surface area (Å²) in [6.07, 6.45) is 0. The summed E-state index contributed by atoms with van der Waals surface area (Å²) in [5.41, 5.74) is 1.97. The van der Waals surface area contributed by atoms with Crippen LogP contribution in [0.1, 0.15) is 16.1 Å². The molecular weight excluding hydrogens is 292 g/mol. The minimum Gasteiger partial charge on any atom is -0.476 e. The molecule has 0 unspecified atom stereocenters. The fraction of sp³-hybridized carbons (Fsp3) is 0.200. The zero-order valence-electron chi connectivity index (χ0n) is 8.69. The van der Waals surface area contributed by atoms with Crippen LogP contribution in [0.5, 0.6) is 0 Å². The number of aromatic carboxylic acids is 1. The zero-order chi connectivity index (χ0) is 11.9. The van der Waals surface area contributed by atoms with Gasteiger partial charge in [0.05, 0.1) is 15.0 Å². The van der Waals surface area contributed by atoms with Crippen molar-refractivity contribution >= 4 is 33.2 Å². The molecule has 6 heteroatoms. The fourth-order valence-electron chi connectivity index (χ4n) is 1.50. The molecule has 0 aliphatic carbocycles. The SMILES string of the molecule is Cc1ccsc1-c1c(Br)c(C(=O)O)nn1C. The van der Waals surface area contributed by atoms with E-state index < -0.39 is 5.97 Å². The van der Waals surface area contributed by atoms with Gasteiger partial charge in [0.1, 0.15) is 0 Å². The molecule has 84 valence electrons. The molecule has 1 N–H and O–H groups in total. The van der Waals surface area contributed by atoms with E-state index in [-0.39, 0.29) is 5.69 Å². The molecule has 0 bridgehead atoms. The Hall–Kier alpha value is -1.14.